The predicted octanol–water partition coefficient (Wildman–Crippen LogP) is 4.75. The molecular weight excluding hydrogens is 350 g/mol. The quantitative estimate of drug-likeness (QED) is 0.718. The van der Waals surface area contributed by atoms with Crippen molar-refractivity contribution in [1.82, 2.24) is 9.47 Å². The third kappa shape index (κ3) is 3.36. The van der Waals surface area contributed by atoms with Crippen molar-refractivity contribution in [3.8, 4) is 5.75 Å². The van der Waals surface area contributed by atoms with Crippen molar-refractivity contribution in [2.75, 3.05) is 19.0 Å². The summed E-state index contributed by atoms with van der Waals surface area (Å²) in [5.74, 6) is 0.719. The highest BCUT2D eigenvalue weighted by atomic mass is 16.5. The minimum absolute atomic E-state index is 0.106. The number of nitrogens with one attached hydrogen (secondary N) is 1. The third-order valence-electron chi connectivity index (χ3n) is 5.34. The normalized spacial score (nSPS) is 15.8. The monoisotopic (exact) mass is 375 g/mol. The first-order chi connectivity index (χ1) is 13.6. The van der Waals surface area contributed by atoms with Crippen LogP contribution in [-0.4, -0.2) is 29.2 Å². The lowest BCUT2D eigenvalue weighted by molar-refractivity contribution is 0.181. The van der Waals surface area contributed by atoms with Crippen LogP contribution in [0.4, 0.5) is 10.5 Å². The second kappa shape index (κ2) is 7.43. The number of urea groups is 1. The van der Waals surface area contributed by atoms with Gasteiger partial charge in [0.15, 0.2) is 0 Å². The van der Waals surface area contributed by atoms with Gasteiger partial charge in [0.2, 0.25) is 0 Å². The molecule has 0 bridgehead atoms. The number of carbonyl (C=O) groups excluding carboxylic acids is 1. The van der Waals surface area contributed by atoms with Crippen LogP contribution in [0.25, 0.3) is 0 Å². The van der Waals surface area contributed by atoms with E-state index < -0.39 is 0 Å². The van der Waals surface area contributed by atoms with Crippen LogP contribution >= 0.6 is 0 Å². The van der Waals surface area contributed by atoms with Crippen LogP contribution < -0.4 is 10.1 Å². The van der Waals surface area contributed by atoms with Gasteiger partial charge in [-0.15, -0.1) is 0 Å². The number of hydrogen-bond donors (Lipinski definition) is 1. The van der Waals surface area contributed by atoms with Crippen LogP contribution in [0.3, 0.4) is 0 Å². The molecule has 1 aliphatic heterocycles. The van der Waals surface area contributed by atoms with E-state index in [4.69, 9.17) is 4.74 Å². The number of rotatable bonds is 3. The van der Waals surface area contributed by atoms with Gasteiger partial charge in [0, 0.05) is 36.7 Å². The van der Waals surface area contributed by atoms with Crippen molar-refractivity contribution in [1.29, 1.82) is 0 Å². The molecule has 0 fully saturated rings. The van der Waals surface area contributed by atoms with Gasteiger partial charge < -0.3 is 19.5 Å². The van der Waals surface area contributed by atoms with Crippen LogP contribution in [0.15, 0.2) is 60.8 Å². The van der Waals surface area contributed by atoms with Gasteiger partial charge in [0.25, 0.3) is 0 Å². The Balaban J connectivity index is 1.69. The van der Waals surface area contributed by atoms with Gasteiger partial charge in [-0.2, -0.15) is 0 Å². The van der Waals surface area contributed by atoms with Crippen molar-refractivity contribution >= 4 is 11.7 Å². The Morgan fingerprint density at radius 2 is 1.93 bits per heavy atom. The lowest BCUT2D eigenvalue weighted by atomic mass is 9.94. The molecule has 2 amide bonds. The van der Waals surface area contributed by atoms with Crippen molar-refractivity contribution in [2.24, 2.45) is 0 Å². The molecule has 2 heterocycles. The number of carbonyl (C=O) groups is 1. The molecule has 0 unspecified atom stereocenters. The summed E-state index contributed by atoms with van der Waals surface area (Å²) in [7, 11) is 1.62. The van der Waals surface area contributed by atoms with E-state index in [1.807, 2.05) is 29.2 Å². The highest BCUT2D eigenvalue weighted by Gasteiger charge is 2.33. The van der Waals surface area contributed by atoms with Crippen molar-refractivity contribution in [2.45, 2.75) is 26.4 Å². The number of aromatic nitrogens is 1. The first-order valence-electron chi connectivity index (χ1n) is 9.50. The fourth-order valence-corrected chi connectivity index (χ4v) is 3.96. The molecule has 1 N–H and O–H groups in total. The number of methoxy groups -OCH3 is 1. The van der Waals surface area contributed by atoms with Crippen molar-refractivity contribution in [3.05, 3.63) is 83.2 Å². The molecule has 1 atom stereocenters. The summed E-state index contributed by atoms with van der Waals surface area (Å²) in [6, 6.07) is 17.8. The first-order valence-corrected chi connectivity index (χ1v) is 9.50. The molecule has 2 aromatic carbocycles. The Hall–Kier alpha value is -3.21. The number of anilines is 1. The van der Waals surface area contributed by atoms with E-state index in [-0.39, 0.29) is 12.1 Å². The highest BCUT2D eigenvalue weighted by molar-refractivity contribution is 5.90. The molecule has 0 radical (unpaired) electrons. The van der Waals surface area contributed by atoms with Crippen LogP contribution in [-0.2, 0) is 6.54 Å². The fraction of sp³-hybridized carbons (Fsp3) is 0.261. The second-order valence-electron chi connectivity index (χ2n) is 7.24. The van der Waals surface area contributed by atoms with Crippen molar-refractivity contribution in [3.63, 3.8) is 0 Å². The Morgan fingerprint density at radius 3 is 2.71 bits per heavy atom. The molecule has 144 valence electrons. The Labute approximate surface area is 165 Å². The van der Waals surface area contributed by atoms with Crippen LogP contribution in [0.5, 0.6) is 5.75 Å². The maximum absolute atomic E-state index is 13.2. The molecule has 3 aromatic rings. The average molecular weight is 375 g/mol. The van der Waals surface area contributed by atoms with Gasteiger partial charge in [-0.05, 0) is 49.2 Å². The predicted molar refractivity (Wildman–Crippen MR) is 111 cm³/mol. The highest BCUT2D eigenvalue weighted by Crippen LogP contribution is 2.35. The zero-order chi connectivity index (χ0) is 19.7. The maximum atomic E-state index is 13.2. The summed E-state index contributed by atoms with van der Waals surface area (Å²) in [5.41, 5.74) is 5.44. The van der Waals surface area contributed by atoms with Crippen LogP contribution in [0.2, 0.25) is 0 Å². The summed E-state index contributed by atoms with van der Waals surface area (Å²) < 4.78 is 7.50. The van der Waals surface area contributed by atoms with Crippen molar-refractivity contribution < 1.29 is 9.53 Å². The molecule has 1 aromatic heterocycles. The molecule has 1 aliphatic rings. The molecular formula is C23H25N3O2. The van der Waals surface area contributed by atoms with E-state index in [1.165, 1.54) is 11.1 Å². The van der Waals surface area contributed by atoms with Gasteiger partial charge in [-0.25, -0.2) is 4.79 Å². The third-order valence-corrected chi connectivity index (χ3v) is 5.34. The van der Waals surface area contributed by atoms with Gasteiger partial charge in [-0.1, -0.05) is 29.8 Å². The van der Waals surface area contributed by atoms with Gasteiger partial charge >= 0.3 is 6.03 Å². The lowest BCUT2D eigenvalue weighted by Gasteiger charge is -2.38. The topological polar surface area (TPSA) is 46.5 Å². The van der Waals surface area contributed by atoms with E-state index in [1.54, 1.807) is 7.11 Å². The largest absolute Gasteiger partial charge is 0.497 e. The van der Waals surface area contributed by atoms with E-state index >= 15 is 0 Å². The Bertz CT molecular complexity index is 1010. The summed E-state index contributed by atoms with van der Waals surface area (Å²) in [5, 5.41) is 3.04. The Kier molecular flexibility index (Phi) is 4.82. The standard InChI is InChI=1S/C23H25N3O2/c1-16-9-10-20(17(2)14-16)22-21-8-5-11-25(21)12-13-26(22)23(27)24-18-6-4-7-19(15-18)28-3/h4-11,14-15,22H,12-13H2,1-3H3,(H,24,27)/t22-/m0/s1. The van der Waals surface area contributed by atoms with Gasteiger partial charge in [-0.3, -0.25) is 0 Å². The molecule has 0 aliphatic carbocycles. The smallest absolute Gasteiger partial charge is 0.322 e. The maximum Gasteiger partial charge on any atom is 0.322 e. The van der Waals surface area contributed by atoms with E-state index in [0.717, 1.165) is 29.2 Å². The van der Waals surface area contributed by atoms with E-state index in [0.29, 0.717) is 6.54 Å². The summed E-state index contributed by atoms with van der Waals surface area (Å²) in [4.78, 5) is 15.1. The number of nitrogens with zero attached hydrogens (tertiary/aromatic N) is 2. The van der Waals surface area contributed by atoms with Gasteiger partial charge in [0.1, 0.15) is 5.75 Å². The Morgan fingerprint density at radius 1 is 1.07 bits per heavy atom. The number of hydrogen-bond acceptors (Lipinski definition) is 2. The molecule has 0 spiro atoms. The van der Waals surface area contributed by atoms with E-state index in [9.17, 15) is 4.79 Å². The molecule has 28 heavy (non-hydrogen) atoms. The molecule has 4 rings (SSSR count). The number of fused-ring (bicyclic) bond motifs is 1. The number of ether oxygens (including phenoxy) is 1. The van der Waals surface area contributed by atoms with Gasteiger partial charge in [0.05, 0.1) is 13.2 Å². The number of aryl methyl sites for hydroxylation is 2. The van der Waals surface area contributed by atoms with Crippen LogP contribution in [0, 0.1) is 13.8 Å². The first kappa shape index (κ1) is 18.2. The zero-order valence-electron chi connectivity index (χ0n) is 16.5. The fourth-order valence-electron chi connectivity index (χ4n) is 3.96. The summed E-state index contributed by atoms with van der Waals surface area (Å²) >= 11 is 0. The summed E-state index contributed by atoms with van der Waals surface area (Å²) in [6.07, 6.45) is 2.09. The minimum Gasteiger partial charge on any atom is -0.497 e. The number of amides is 2. The average Bonchev–Trinajstić information content (AvgIpc) is 3.16. The SMILES string of the molecule is COc1cccc(NC(=O)N2CCn3cccc3[C@@H]2c2ccc(C)cc2C)c1. The molecule has 0 saturated heterocycles. The van der Waals surface area contributed by atoms with Crippen LogP contribution in [0.1, 0.15) is 28.4 Å². The summed E-state index contributed by atoms with van der Waals surface area (Å²) in [6.45, 7) is 5.64. The number of benzene rings is 2. The molecule has 5 nitrogen and oxygen atoms in total. The molecule has 0 saturated carbocycles. The van der Waals surface area contributed by atoms with E-state index in [2.05, 4.69) is 60.3 Å². The second-order valence-corrected chi connectivity index (χ2v) is 7.24. The minimum atomic E-state index is -0.116. The molecule has 5 heteroatoms. The zero-order valence-corrected chi connectivity index (χ0v) is 16.5. The lowest BCUT2D eigenvalue weighted by Crippen LogP contribution is -2.44.